The van der Waals surface area contributed by atoms with Crippen LogP contribution < -0.4 is 14.8 Å². The Labute approximate surface area is 201 Å². The molecule has 1 fully saturated rings. The number of benzene rings is 2. The molecule has 9 heteroatoms. The summed E-state index contributed by atoms with van der Waals surface area (Å²) in [5, 5.41) is 15.4. The molecule has 0 saturated carbocycles. The van der Waals surface area contributed by atoms with Gasteiger partial charge in [0, 0.05) is 18.5 Å². The Bertz CT molecular complexity index is 1240. The summed E-state index contributed by atoms with van der Waals surface area (Å²) in [6.07, 6.45) is 5.19. The maximum atomic E-state index is 13.0. The summed E-state index contributed by atoms with van der Waals surface area (Å²) in [7, 11) is -3.48. The normalized spacial score (nSPS) is 20.1. The molecule has 2 heterocycles. The summed E-state index contributed by atoms with van der Waals surface area (Å²) in [5.74, 6) is 1.27. The van der Waals surface area contributed by atoms with Gasteiger partial charge in [-0.25, -0.2) is 8.42 Å². The first-order valence-electron chi connectivity index (χ1n) is 11.4. The molecule has 8 nitrogen and oxygen atoms in total. The first-order valence-corrected chi connectivity index (χ1v) is 13.0. The second kappa shape index (κ2) is 9.50. The Morgan fingerprint density at radius 1 is 1.24 bits per heavy atom. The number of nitrogens with zero attached hydrogens (tertiary/aromatic N) is 2. The topological polar surface area (TPSA) is 124 Å². The zero-order valence-electron chi connectivity index (χ0n) is 19.5. The van der Waals surface area contributed by atoms with Gasteiger partial charge in [-0.15, -0.1) is 0 Å². The second-order valence-electron chi connectivity index (χ2n) is 8.72. The third-order valence-electron chi connectivity index (χ3n) is 6.31. The number of amidine groups is 2. The molecule has 2 aliphatic heterocycles. The van der Waals surface area contributed by atoms with Crippen LogP contribution in [-0.4, -0.2) is 56.0 Å². The van der Waals surface area contributed by atoms with Gasteiger partial charge in [0.15, 0.2) is 0 Å². The smallest absolute Gasteiger partial charge is 0.235 e. The molecule has 0 amide bonds. The highest BCUT2D eigenvalue weighted by Gasteiger charge is 2.35. The number of fused-ring (bicyclic) bond motifs is 1. The lowest BCUT2D eigenvalue weighted by Crippen LogP contribution is -2.37. The van der Waals surface area contributed by atoms with Crippen molar-refractivity contribution >= 4 is 33.5 Å². The fourth-order valence-corrected chi connectivity index (χ4v) is 5.81. The van der Waals surface area contributed by atoms with Crippen molar-refractivity contribution in [1.29, 1.82) is 10.8 Å². The summed E-state index contributed by atoms with van der Waals surface area (Å²) in [6, 6.07) is 12.6. The predicted molar refractivity (Wildman–Crippen MR) is 136 cm³/mol. The van der Waals surface area contributed by atoms with Crippen LogP contribution in [0.5, 0.6) is 5.75 Å². The van der Waals surface area contributed by atoms with Gasteiger partial charge in [-0.05, 0) is 55.7 Å². The highest BCUT2D eigenvalue weighted by molar-refractivity contribution is 7.92. The molecule has 4 rings (SSSR count). The summed E-state index contributed by atoms with van der Waals surface area (Å²) in [5.41, 5.74) is 8.69. The molecule has 4 N–H and O–H groups in total. The summed E-state index contributed by atoms with van der Waals surface area (Å²) in [6.45, 7) is 4.93. The number of nitrogens with two attached hydrogens (primary N) is 1. The van der Waals surface area contributed by atoms with E-state index in [1.165, 1.54) is 4.31 Å². The van der Waals surface area contributed by atoms with Crippen molar-refractivity contribution in [3.05, 3.63) is 65.2 Å². The van der Waals surface area contributed by atoms with E-state index in [1.807, 2.05) is 53.5 Å². The van der Waals surface area contributed by atoms with E-state index < -0.39 is 10.0 Å². The van der Waals surface area contributed by atoms with Gasteiger partial charge in [-0.2, -0.15) is 0 Å². The number of hydrogen-bond acceptors (Lipinski definition) is 5. The highest BCUT2D eigenvalue weighted by atomic mass is 32.2. The SMILES string of the molecule is CCS(=O)(=O)N1c2ccc(OC3CCN(C(C)=N)C3)cc2CC1/C=C/c1cccc(C(=N)N)c1. The molecule has 2 unspecified atom stereocenters. The zero-order chi connectivity index (χ0) is 24.5. The number of hydrogen-bond donors (Lipinski definition) is 3. The molecule has 2 aromatic carbocycles. The molecule has 0 aromatic heterocycles. The molecule has 0 aliphatic carbocycles. The summed E-state index contributed by atoms with van der Waals surface area (Å²) < 4.78 is 33.6. The number of likely N-dealkylation sites (tertiary alicyclic amines) is 1. The minimum atomic E-state index is -3.48. The van der Waals surface area contributed by atoms with Crippen LogP contribution in [0.2, 0.25) is 0 Å². The quantitative estimate of drug-likeness (QED) is 0.414. The van der Waals surface area contributed by atoms with E-state index in [1.54, 1.807) is 19.9 Å². The molecule has 0 bridgehead atoms. The Morgan fingerprint density at radius 3 is 2.71 bits per heavy atom. The number of nitrogen functional groups attached to an aromatic ring is 1. The fraction of sp³-hybridized carbons (Fsp3) is 0.360. The van der Waals surface area contributed by atoms with Crippen molar-refractivity contribution in [1.82, 2.24) is 4.90 Å². The van der Waals surface area contributed by atoms with Gasteiger partial charge in [0.2, 0.25) is 10.0 Å². The predicted octanol–water partition coefficient (Wildman–Crippen LogP) is 3.22. The van der Waals surface area contributed by atoms with Crippen molar-refractivity contribution in [3.63, 3.8) is 0 Å². The molecular weight excluding hydrogens is 450 g/mol. The minimum Gasteiger partial charge on any atom is -0.489 e. The minimum absolute atomic E-state index is 0.00704. The molecule has 1 saturated heterocycles. The van der Waals surface area contributed by atoms with E-state index in [4.69, 9.17) is 21.3 Å². The molecule has 2 aromatic rings. The van der Waals surface area contributed by atoms with Gasteiger partial charge in [0.05, 0.1) is 29.9 Å². The lowest BCUT2D eigenvalue weighted by Gasteiger charge is -2.24. The van der Waals surface area contributed by atoms with Crippen LogP contribution in [-0.2, 0) is 16.4 Å². The van der Waals surface area contributed by atoms with E-state index in [9.17, 15) is 8.42 Å². The maximum Gasteiger partial charge on any atom is 0.235 e. The average Bonchev–Trinajstić information content (AvgIpc) is 3.42. The van der Waals surface area contributed by atoms with Crippen molar-refractivity contribution < 1.29 is 13.2 Å². The van der Waals surface area contributed by atoms with Gasteiger partial charge >= 0.3 is 0 Å². The Kier molecular flexibility index (Phi) is 6.65. The Hall–Kier alpha value is -3.33. The van der Waals surface area contributed by atoms with Crippen LogP contribution in [0.3, 0.4) is 0 Å². The molecular formula is C25H31N5O3S. The second-order valence-corrected chi connectivity index (χ2v) is 10.9. The van der Waals surface area contributed by atoms with E-state index in [0.29, 0.717) is 30.1 Å². The van der Waals surface area contributed by atoms with E-state index in [0.717, 1.165) is 29.8 Å². The molecule has 180 valence electrons. The monoisotopic (exact) mass is 481 g/mol. The van der Waals surface area contributed by atoms with Crippen LogP contribution in [0.1, 0.15) is 37.0 Å². The molecule has 2 aliphatic rings. The van der Waals surface area contributed by atoms with Crippen molar-refractivity contribution in [2.24, 2.45) is 5.73 Å². The number of anilines is 1. The van der Waals surface area contributed by atoms with E-state index in [2.05, 4.69) is 0 Å². The Balaban J connectivity index is 1.57. The molecule has 2 atom stereocenters. The maximum absolute atomic E-state index is 13.0. The lowest BCUT2D eigenvalue weighted by molar-refractivity contribution is 0.214. The third kappa shape index (κ3) is 4.94. The van der Waals surface area contributed by atoms with Crippen molar-refractivity contribution in [3.8, 4) is 5.75 Å². The fourth-order valence-electron chi connectivity index (χ4n) is 4.50. The van der Waals surface area contributed by atoms with Gasteiger partial charge in [0.25, 0.3) is 0 Å². The molecule has 0 radical (unpaired) electrons. The zero-order valence-corrected chi connectivity index (χ0v) is 20.3. The van der Waals surface area contributed by atoms with Gasteiger partial charge < -0.3 is 15.4 Å². The number of nitrogens with one attached hydrogen (secondary N) is 2. The average molecular weight is 482 g/mol. The van der Waals surface area contributed by atoms with E-state index in [-0.39, 0.29) is 23.7 Å². The van der Waals surface area contributed by atoms with Crippen LogP contribution in [0.4, 0.5) is 5.69 Å². The summed E-state index contributed by atoms with van der Waals surface area (Å²) >= 11 is 0. The van der Waals surface area contributed by atoms with Crippen LogP contribution in [0.15, 0.2) is 48.5 Å². The lowest BCUT2D eigenvalue weighted by atomic mass is 10.1. The van der Waals surface area contributed by atoms with Crippen molar-refractivity contribution in [2.45, 2.75) is 38.8 Å². The van der Waals surface area contributed by atoms with E-state index >= 15 is 0 Å². The molecule has 0 spiro atoms. The molecule has 34 heavy (non-hydrogen) atoms. The third-order valence-corrected chi connectivity index (χ3v) is 8.11. The standard InChI is InChI=1S/C25H31N5O3S/c1-3-34(31,32)30-21(8-7-18-5-4-6-19(13-18)25(27)28)14-20-15-22(9-10-24(20)30)33-23-11-12-29(16-23)17(2)26/h4-10,13,15,21,23,26H,3,11-12,14,16H2,1-2H3,(H3,27,28)/b8-7+,26-17?. The summed E-state index contributed by atoms with van der Waals surface area (Å²) in [4.78, 5) is 2.00. The van der Waals surface area contributed by atoms with Crippen LogP contribution >= 0.6 is 0 Å². The first kappa shape index (κ1) is 23.8. The first-order chi connectivity index (χ1) is 16.2. The largest absolute Gasteiger partial charge is 0.489 e. The Morgan fingerprint density at radius 2 is 2.03 bits per heavy atom. The van der Waals surface area contributed by atoms with Crippen molar-refractivity contribution in [2.75, 3.05) is 23.1 Å². The van der Waals surface area contributed by atoms with Gasteiger partial charge in [-0.1, -0.05) is 30.4 Å². The van der Waals surface area contributed by atoms with Gasteiger partial charge in [0.1, 0.15) is 17.7 Å². The van der Waals surface area contributed by atoms with Crippen LogP contribution in [0, 0.1) is 10.8 Å². The highest BCUT2D eigenvalue weighted by Crippen LogP contribution is 2.38. The van der Waals surface area contributed by atoms with Gasteiger partial charge in [-0.3, -0.25) is 15.1 Å². The number of rotatable bonds is 7. The number of ether oxygens (including phenoxy) is 1. The van der Waals surface area contributed by atoms with Crippen LogP contribution in [0.25, 0.3) is 6.08 Å². The number of sulfonamides is 1.